The summed E-state index contributed by atoms with van der Waals surface area (Å²) in [6, 6.07) is 0. The number of hydrogen-bond donors (Lipinski definition) is 2. The molecule has 1 unspecified atom stereocenters. The van der Waals surface area contributed by atoms with Gasteiger partial charge in [0.05, 0.1) is 0 Å². The molecule has 2 N–H and O–H groups in total. The van der Waals surface area contributed by atoms with E-state index in [0.717, 1.165) is 11.3 Å². The fraction of sp³-hybridized carbons (Fsp3) is 0.455. The van der Waals surface area contributed by atoms with Gasteiger partial charge in [0.15, 0.2) is 0 Å². The van der Waals surface area contributed by atoms with E-state index in [1.165, 1.54) is 0 Å². The van der Waals surface area contributed by atoms with Gasteiger partial charge in [-0.1, -0.05) is 31.7 Å². The van der Waals surface area contributed by atoms with Crippen LogP contribution in [0.2, 0.25) is 0 Å². The van der Waals surface area contributed by atoms with Crippen molar-refractivity contribution in [3.8, 4) is 0 Å². The van der Waals surface area contributed by atoms with Crippen LogP contribution in [0.3, 0.4) is 0 Å². The van der Waals surface area contributed by atoms with Crippen molar-refractivity contribution in [2.45, 2.75) is 20.8 Å². The molecule has 0 saturated heterocycles. The van der Waals surface area contributed by atoms with Gasteiger partial charge in [0.2, 0.25) is 0 Å². The van der Waals surface area contributed by atoms with E-state index in [2.05, 4.69) is 42.6 Å². The van der Waals surface area contributed by atoms with Crippen LogP contribution >= 0.6 is 0 Å². The van der Waals surface area contributed by atoms with Crippen LogP contribution in [0.4, 0.5) is 0 Å². The van der Waals surface area contributed by atoms with E-state index in [9.17, 15) is 0 Å². The molecular formula is C11H20N2. The summed E-state index contributed by atoms with van der Waals surface area (Å²) < 4.78 is 0. The Balaban J connectivity index is 4.42. The fourth-order valence-electron chi connectivity index (χ4n) is 1.05. The average Bonchev–Trinajstić information content (AvgIpc) is 2.04. The Kier molecular flexibility index (Phi) is 5.98. The molecule has 0 aliphatic carbocycles. The summed E-state index contributed by atoms with van der Waals surface area (Å²) in [5.41, 5.74) is 8.02. The normalized spacial score (nSPS) is 14.6. The number of nitrogens with one attached hydrogen (secondary N) is 2. The zero-order valence-corrected chi connectivity index (χ0v) is 9.02. The predicted octanol–water partition coefficient (Wildman–Crippen LogP) is 2.38. The van der Waals surface area contributed by atoms with E-state index in [4.69, 9.17) is 0 Å². The minimum absolute atomic E-state index is 0.428. The smallest absolute Gasteiger partial charge is 0.0476 e. The van der Waals surface area contributed by atoms with Crippen molar-refractivity contribution < 1.29 is 0 Å². The second-order valence-electron chi connectivity index (χ2n) is 3.12. The number of hydrazine groups is 1. The topological polar surface area (TPSA) is 24.1 Å². The molecule has 0 aliphatic heterocycles. The van der Waals surface area contributed by atoms with E-state index in [1.807, 2.05) is 20.9 Å². The molecule has 0 spiro atoms. The molecule has 0 radical (unpaired) electrons. The summed E-state index contributed by atoms with van der Waals surface area (Å²) in [6.07, 6.45) is 6.33. The lowest BCUT2D eigenvalue weighted by molar-refractivity contribution is 0.687. The lowest BCUT2D eigenvalue weighted by Gasteiger charge is -2.10. The summed E-state index contributed by atoms with van der Waals surface area (Å²) in [7, 11) is 1.84. The second kappa shape index (κ2) is 6.49. The maximum absolute atomic E-state index is 3.89. The van der Waals surface area contributed by atoms with Gasteiger partial charge in [0.1, 0.15) is 0 Å². The lowest BCUT2D eigenvalue weighted by Crippen LogP contribution is -2.27. The van der Waals surface area contributed by atoms with E-state index in [-0.39, 0.29) is 0 Å². The molecule has 0 aromatic carbocycles. The minimum Gasteiger partial charge on any atom is -0.322 e. The van der Waals surface area contributed by atoms with Crippen molar-refractivity contribution in [2.24, 2.45) is 5.92 Å². The van der Waals surface area contributed by atoms with Gasteiger partial charge in [-0.15, -0.1) is 0 Å². The third kappa shape index (κ3) is 5.26. The fourth-order valence-corrected chi connectivity index (χ4v) is 1.05. The largest absolute Gasteiger partial charge is 0.322 e. The Hall–Kier alpha value is -1.02. The highest BCUT2D eigenvalue weighted by Crippen LogP contribution is 2.08. The van der Waals surface area contributed by atoms with Gasteiger partial charge in [0, 0.05) is 12.7 Å². The molecule has 2 heteroatoms. The number of hydrogen-bond acceptors (Lipinski definition) is 2. The highest BCUT2D eigenvalue weighted by atomic mass is 15.3. The Morgan fingerprint density at radius 3 is 2.46 bits per heavy atom. The Bertz CT molecular complexity index is 214. The molecule has 1 atom stereocenters. The van der Waals surface area contributed by atoms with E-state index >= 15 is 0 Å². The van der Waals surface area contributed by atoms with Gasteiger partial charge in [-0.25, -0.2) is 5.43 Å². The van der Waals surface area contributed by atoms with E-state index in [0.29, 0.717) is 5.92 Å². The first kappa shape index (κ1) is 12.0. The maximum atomic E-state index is 3.89. The zero-order chi connectivity index (χ0) is 10.3. The molecule has 2 nitrogen and oxygen atoms in total. The Morgan fingerprint density at radius 2 is 2.08 bits per heavy atom. The van der Waals surface area contributed by atoms with Crippen LogP contribution in [0.25, 0.3) is 0 Å². The second-order valence-corrected chi connectivity index (χ2v) is 3.12. The highest BCUT2D eigenvalue weighted by molar-refractivity contribution is 5.25. The van der Waals surface area contributed by atoms with Gasteiger partial charge in [-0.2, -0.15) is 0 Å². The first-order valence-electron chi connectivity index (χ1n) is 4.55. The van der Waals surface area contributed by atoms with Crippen LogP contribution < -0.4 is 10.9 Å². The van der Waals surface area contributed by atoms with Gasteiger partial charge in [-0.05, 0) is 25.3 Å². The van der Waals surface area contributed by atoms with Gasteiger partial charge >= 0.3 is 0 Å². The van der Waals surface area contributed by atoms with Crippen LogP contribution in [-0.2, 0) is 0 Å². The van der Waals surface area contributed by atoms with Crippen molar-refractivity contribution in [2.75, 3.05) is 7.05 Å². The Labute approximate surface area is 81.4 Å². The Morgan fingerprint density at radius 1 is 1.46 bits per heavy atom. The minimum atomic E-state index is 0.428. The number of rotatable bonds is 5. The molecule has 0 amide bonds. The molecule has 74 valence electrons. The van der Waals surface area contributed by atoms with Crippen LogP contribution in [0.5, 0.6) is 0 Å². The first-order chi connectivity index (χ1) is 6.11. The molecule has 13 heavy (non-hydrogen) atoms. The summed E-state index contributed by atoms with van der Waals surface area (Å²) in [5.74, 6) is 0.428. The van der Waals surface area contributed by atoms with Crippen LogP contribution in [0, 0.1) is 5.92 Å². The highest BCUT2D eigenvalue weighted by Gasteiger charge is 1.98. The van der Waals surface area contributed by atoms with Gasteiger partial charge in [0.25, 0.3) is 0 Å². The number of allylic oxidation sites excluding steroid dienone is 4. The molecule has 0 rings (SSSR count). The lowest BCUT2D eigenvalue weighted by atomic mass is 10.1. The first-order valence-corrected chi connectivity index (χ1v) is 4.55. The molecule has 0 aromatic heterocycles. The van der Waals surface area contributed by atoms with Crippen LogP contribution in [0.1, 0.15) is 20.8 Å². The monoisotopic (exact) mass is 180 g/mol. The van der Waals surface area contributed by atoms with Crippen molar-refractivity contribution in [3.05, 3.63) is 36.1 Å². The molecule has 0 aromatic rings. The van der Waals surface area contributed by atoms with Crippen molar-refractivity contribution in [1.29, 1.82) is 0 Å². The van der Waals surface area contributed by atoms with Crippen LogP contribution in [-0.4, -0.2) is 7.05 Å². The summed E-state index contributed by atoms with van der Waals surface area (Å²) in [6.45, 7) is 10.0. The molecule has 0 heterocycles. The quantitative estimate of drug-likeness (QED) is 0.385. The van der Waals surface area contributed by atoms with Crippen LogP contribution in [0.15, 0.2) is 36.1 Å². The average molecular weight is 180 g/mol. The molecular weight excluding hydrogens is 160 g/mol. The predicted molar refractivity (Wildman–Crippen MR) is 59.1 cm³/mol. The van der Waals surface area contributed by atoms with E-state index in [1.54, 1.807) is 0 Å². The summed E-state index contributed by atoms with van der Waals surface area (Å²) >= 11 is 0. The summed E-state index contributed by atoms with van der Waals surface area (Å²) in [4.78, 5) is 0. The van der Waals surface area contributed by atoms with Crippen molar-refractivity contribution in [1.82, 2.24) is 10.9 Å². The van der Waals surface area contributed by atoms with Crippen molar-refractivity contribution >= 4 is 0 Å². The molecule has 0 aliphatic rings. The molecule has 0 saturated carbocycles. The zero-order valence-electron chi connectivity index (χ0n) is 9.02. The van der Waals surface area contributed by atoms with E-state index < -0.39 is 0 Å². The standard InChI is InChI=1S/C11H20N2/c1-6-7-10(4)8-11(9(2)3)13-12-5/h6-8,10,12-13H,2H2,1,3-5H3/b7-6-,11-8-. The van der Waals surface area contributed by atoms with Gasteiger partial charge < -0.3 is 5.43 Å². The summed E-state index contributed by atoms with van der Waals surface area (Å²) in [5, 5.41) is 0. The van der Waals surface area contributed by atoms with Crippen molar-refractivity contribution in [3.63, 3.8) is 0 Å². The maximum Gasteiger partial charge on any atom is 0.0476 e. The third-order valence-corrected chi connectivity index (χ3v) is 1.65. The van der Waals surface area contributed by atoms with Gasteiger partial charge in [-0.3, -0.25) is 0 Å². The third-order valence-electron chi connectivity index (χ3n) is 1.65. The molecule has 0 fully saturated rings. The SMILES string of the molecule is C=C(C)/C(=C/C(C)/C=C\C)NNC. The molecule has 0 bridgehead atoms.